The van der Waals surface area contributed by atoms with E-state index in [4.69, 9.17) is 0 Å². The molecule has 2 saturated heterocycles. The number of sulfonamides is 2. The Balaban J connectivity index is 1.57. The normalized spacial score (nSPS) is 22.3. The molecule has 0 unspecified atom stereocenters. The summed E-state index contributed by atoms with van der Waals surface area (Å²) >= 11 is 0. The minimum Gasteiger partial charge on any atom is -0.352 e. The van der Waals surface area contributed by atoms with Crippen molar-refractivity contribution in [3.05, 3.63) is 29.8 Å². The van der Waals surface area contributed by atoms with Crippen LogP contribution in [-0.2, 0) is 31.4 Å². The molecule has 2 aliphatic rings. The molecule has 0 radical (unpaired) electrons. The van der Waals surface area contributed by atoms with Crippen molar-refractivity contribution in [2.75, 3.05) is 32.4 Å². The minimum absolute atomic E-state index is 0.177. The van der Waals surface area contributed by atoms with E-state index >= 15 is 0 Å². The SMILES string of the molecule is CS(=O)(=O)N1CCC[C@H](C(=O)NCc2ccc(S(=O)(=O)N3CCCCC3)cc2)C1. The van der Waals surface area contributed by atoms with Crippen LogP contribution in [0.5, 0.6) is 0 Å². The largest absolute Gasteiger partial charge is 0.352 e. The summed E-state index contributed by atoms with van der Waals surface area (Å²) in [5.41, 5.74) is 0.798. The number of carbonyl (C=O) groups is 1. The summed E-state index contributed by atoms with van der Waals surface area (Å²) in [5, 5.41) is 2.84. The van der Waals surface area contributed by atoms with Gasteiger partial charge in [-0.2, -0.15) is 4.31 Å². The third-order valence-corrected chi connectivity index (χ3v) is 8.75. The lowest BCUT2D eigenvalue weighted by Gasteiger charge is -2.30. The smallest absolute Gasteiger partial charge is 0.243 e. The predicted octanol–water partition coefficient (Wildman–Crippen LogP) is 1.15. The highest BCUT2D eigenvalue weighted by Gasteiger charge is 2.30. The van der Waals surface area contributed by atoms with Crippen LogP contribution < -0.4 is 5.32 Å². The molecule has 0 saturated carbocycles. The van der Waals surface area contributed by atoms with E-state index in [9.17, 15) is 21.6 Å². The second-order valence-corrected chi connectivity index (χ2v) is 11.7. The van der Waals surface area contributed by atoms with Gasteiger partial charge in [-0.3, -0.25) is 4.79 Å². The standard InChI is InChI=1S/C19H29N3O5S2/c1-28(24,25)22-13-5-6-17(15-22)19(23)20-14-16-7-9-18(10-8-16)29(26,27)21-11-3-2-4-12-21/h7-10,17H,2-6,11-15H2,1H3,(H,20,23)/t17-/m0/s1. The lowest BCUT2D eigenvalue weighted by molar-refractivity contribution is -0.126. The molecule has 1 aromatic carbocycles. The number of amides is 1. The molecule has 0 spiro atoms. The summed E-state index contributed by atoms with van der Waals surface area (Å²) in [6.45, 7) is 2.06. The Morgan fingerprint density at radius 1 is 0.966 bits per heavy atom. The van der Waals surface area contributed by atoms with Gasteiger partial charge in [0.25, 0.3) is 0 Å². The first-order valence-electron chi connectivity index (χ1n) is 10.00. The van der Waals surface area contributed by atoms with E-state index in [1.807, 2.05) is 0 Å². The average molecular weight is 444 g/mol. The first kappa shape index (κ1) is 22.2. The molecule has 8 nitrogen and oxygen atoms in total. The Hall–Kier alpha value is -1.49. The van der Waals surface area contributed by atoms with Gasteiger partial charge in [0.05, 0.1) is 17.1 Å². The molecular weight excluding hydrogens is 414 g/mol. The van der Waals surface area contributed by atoms with Gasteiger partial charge in [-0.1, -0.05) is 18.6 Å². The van der Waals surface area contributed by atoms with Crippen molar-refractivity contribution in [2.45, 2.75) is 43.5 Å². The Morgan fingerprint density at radius 3 is 2.21 bits per heavy atom. The van der Waals surface area contributed by atoms with Crippen molar-refractivity contribution >= 4 is 26.0 Å². The van der Waals surface area contributed by atoms with E-state index < -0.39 is 20.0 Å². The van der Waals surface area contributed by atoms with Gasteiger partial charge in [-0.25, -0.2) is 21.1 Å². The fourth-order valence-corrected chi connectivity index (χ4v) is 6.25. The van der Waals surface area contributed by atoms with Crippen LogP contribution in [0.25, 0.3) is 0 Å². The third-order valence-electron chi connectivity index (χ3n) is 5.57. The van der Waals surface area contributed by atoms with E-state index in [1.165, 1.54) is 8.61 Å². The van der Waals surface area contributed by atoms with Gasteiger partial charge >= 0.3 is 0 Å². The zero-order valence-corrected chi connectivity index (χ0v) is 18.3. The molecule has 1 aromatic rings. The number of nitrogens with zero attached hydrogens (tertiary/aromatic N) is 2. The van der Waals surface area contributed by atoms with Crippen molar-refractivity contribution in [1.82, 2.24) is 13.9 Å². The summed E-state index contributed by atoms with van der Waals surface area (Å²) < 4.78 is 51.7. The van der Waals surface area contributed by atoms with Crippen LogP contribution in [-0.4, -0.2) is 63.8 Å². The Labute approximate surface area is 173 Å². The molecule has 29 heavy (non-hydrogen) atoms. The predicted molar refractivity (Wildman–Crippen MR) is 110 cm³/mol. The number of hydrogen-bond donors (Lipinski definition) is 1. The van der Waals surface area contributed by atoms with Crippen molar-refractivity contribution in [3.63, 3.8) is 0 Å². The Kier molecular flexibility index (Phi) is 6.98. The quantitative estimate of drug-likeness (QED) is 0.710. The number of benzene rings is 1. The summed E-state index contributed by atoms with van der Waals surface area (Å²) in [5.74, 6) is -0.541. The van der Waals surface area contributed by atoms with Gasteiger partial charge < -0.3 is 5.32 Å². The molecule has 0 aromatic heterocycles. The zero-order chi connectivity index (χ0) is 21.1. The van der Waals surface area contributed by atoms with Crippen LogP contribution in [0, 0.1) is 5.92 Å². The highest BCUT2D eigenvalue weighted by Crippen LogP contribution is 2.21. The first-order valence-corrected chi connectivity index (χ1v) is 13.3. The second-order valence-electron chi connectivity index (χ2n) is 7.79. The lowest BCUT2D eigenvalue weighted by Crippen LogP contribution is -2.44. The van der Waals surface area contributed by atoms with Crippen LogP contribution in [0.15, 0.2) is 29.2 Å². The van der Waals surface area contributed by atoms with E-state index in [2.05, 4.69) is 5.32 Å². The van der Waals surface area contributed by atoms with E-state index in [0.717, 1.165) is 31.1 Å². The van der Waals surface area contributed by atoms with Crippen LogP contribution in [0.1, 0.15) is 37.7 Å². The van der Waals surface area contributed by atoms with Crippen LogP contribution >= 0.6 is 0 Å². The molecule has 162 valence electrons. The topological polar surface area (TPSA) is 104 Å². The lowest BCUT2D eigenvalue weighted by atomic mass is 9.99. The van der Waals surface area contributed by atoms with Crippen LogP contribution in [0.4, 0.5) is 0 Å². The van der Waals surface area contributed by atoms with Gasteiger partial charge in [-0.15, -0.1) is 0 Å². The fourth-order valence-electron chi connectivity index (χ4n) is 3.82. The maximum absolute atomic E-state index is 12.7. The summed E-state index contributed by atoms with van der Waals surface area (Å²) in [7, 11) is -6.76. The van der Waals surface area contributed by atoms with Gasteiger partial charge in [0.1, 0.15) is 0 Å². The number of rotatable bonds is 6. The fraction of sp³-hybridized carbons (Fsp3) is 0.632. The number of carbonyl (C=O) groups excluding carboxylic acids is 1. The van der Waals surface area contributed by atoms with E-state index in [1.54, 1.807) is 24.3 Å². The molecular formula is C19H29N3O5S2. The Morgan fingerprint density at radius 2 is 1.59 bits per heavy atom. The van der Waals surface area contributed by atoms with Crippen molar-refractivity contribution in [3.8, 4) is 0 Å². The molecule has 1 N–H and O–H groups in total. The zero-order valence-electron chi connectivity index (χ0n) is 16.7. The molecule has 2 aliphatic heterocycles. The number of hydrogen-bond acceptors (Lipinski definition) is 5. The molecule has 2 heterocycles. The number of piperidine rings is 2. The van der Waals surface area contributed by atoms with Gasteiger partial charge in [0.2, 0.25) is 26.0 Å². The molecule has 10 heteroatoms. The van der Waals surface area contributed by atoms with E-state index in [-0.39, 0.29) is 29.8 Å². The molecule has 1 atom stereocenters. The summed E-state index contributed by atoms with van der Waals surface area (Å²) in [6, 6.07) is 6.58. The maximum Gasteiger partial charge on any atom is 0.243 e. The molecule has 1 amide bonds. The molecule has 2 fully saturated rings. The third kappa shape index (κ3) is 5.56. The number of nitrogens with one attached hydrogen (secondary N) is 1. The first-order chi connectivity index (χ1) is 13.7. The molecule has 0 aliphatic carbocycles. The van der Waals surface area contributed by atoms with Gasteiger partial charge in [0.15, 0.2) is 0 Å². The second kappa shape index (κ2) is 9.11. The minimum atomic E-state index is -3.46. The van der Waals surface area contributed by atoms with Crippen LogP contribution in [0.3, 0.4) is 0 Å². The van der Waals surface area contributed by atoms with Crippen molar-refractivity contribution in [1.29, 1.82) is 0 Å². The average Bonchev–Trinajstić information content (AvgIpc) is 2.72. The Bertz CT molecular complexity index is 923. The highest BCUT2D eigenvalue weighted by molar-refractivity contribution is 7.89. The van der Waals surface area contributed by atoms with Crippen LogP contribution in [0.2, 0.25) is 0 Å². The van der Waals surface area contributed by atoms with Gasteiger partial charge in [-0.05, 0) is 43.4 Å². The summed E-state index contributed by atoms with van der Waals surface area (Å²) in [6.07, 6.45) is 5.32. The van der Waals surface area contributed by atoms with E-state index in [0.29, 0.717) is 32.5 Å². The highest BCUT2D eigenvalue weighted by atomic mass is 32.2. The maximum atomic E-state index is 12.7. The van der Waals surface area contributed by atoms with Gasteiger partial charge in [0, 0.05) is 32.7 Å². The molecule has 3 rings (SSSR count). The molecule has 0 bridgehead atoms. The monoisotopic (exact) mass is 443 g/mol. The summed E-state index contributed by atoms with van der Waals surface area (Å²) in [4.78, 5) is 12.7. The van der Waals surface area contributed by atoms with Crippen molar-refractivity contribution < 1.29 is 21.6 Å². The van der Waals surface area contributed by atoms with Crippen molar-refractivity contribution in [2.24, 2.45) is 5.92 Å².